The van der Waals surface area contributed by atoms with Crippen molar-refractivity contribution in [3.05, 3.63) is 49.8 Å². The third kappa shape index (κ3) is 3.24. The summed E-state index contributed by atoms with van der Waals surface area (Å²) >= 11 is 10.3. The number of hydrogen-bond donors (Lipinski definition) is 2. The number of nitrogen functional groups attached to an aromatic ring is 1. The lowest BCUT2D eigenvalue weighted by Crippen LogP contribution is -1.93. The molecule has 2 rings (SSSR count). The Labute approximate surface area is 125 Å². The first-order valence-corrected chi connectivity index (χ1v) is 7.21. The summed E-state index contributed by atoms with van der Waals surface area (Å²) in [6.07, 6.45) is 0. The molecule has 0 atom stereocenters. The largest absolute Gasteiger partial charge is 0.398 e. The van der Waals surface area contributed by atoms with E-state index in [1.807, 2.05) is 36.4 Å². The van der Waals surface area contributed by atoms with E-state index in [0.29, 0.717) is 0 Å². The minimum absolute atomic E-state index is 0.727. The van der Waals surface area contributed by atoms with Gasteiger partial charge in [0, 0.05) is 24.8 Å². The van der Waals surface area contributed by atoms with E-state index in [1.54, 1.807) is 0 Å². The van der Waals surface area contributed by atoms with Gasteiger partial charge in [-0.15, -0.1) is 0 Å². The van der Waals surface area contributed by atoms with Crippen LogP contribution in [0.1, 0.15) is 0 Å². The van der Waals surface area contributed by atoms with Crippen LogP contribution in [0.15, 0.2) is 49.8 Å². The van der Waals surface area contributed by atoms with Gasteiger partial charge in [-0.05, 0) is 68.3 Å². The molecule has 2 aromatic carbocycles. The molecular formula is C12H9Br3N2. The van der Waals surface area contributed by atoms with Crippen molar-refractivity contribution in [2.75, 3.05) is 11.1 Å². The van der Waals surface area contributed by atoms with Crippen LogP contribution in [0.2, 0.25) is 0 Å². The Morgan fingerprint density at radius 1 is 0.882 bits per heavy atom. The second-order valence-corrected chi connectivity index (χ2v) is 6.11. The molecule has 0 saturated heterocycles. The number of nitrogens with two attached hydrogens (primary N) is 1. The molecule has 0 aliphatic rings. The number of nitrogens with one attached hydrogen (secondary N) is 1. The topological polar surface area (TPSA) is 38.0 Å². The zero-order chi connectivity index (χ0) is 12.4. The Kier molecular flexibility index (Phi) is 4.12. The van der Waals surface area contributed by atoms with Gasteiger partial charge < -0.3 is 11.1 Å². The zero-order valence-corrected chi connectivity index (χ0v) is 13.4. The van der Waals surface area contributed by atoms with Crippen molar-refractivity contribution in [2.24, 2.45) is 0 Å². The number of hydrogen-bond acceptors (Lipinski definition) is 2. The molecule has 0 aliphatic carbocycles. The Hall–Kier alpha value is -0.520. The average Bonchev–Trinajstić information content (AvgIpc) is 2.27. The highest BCUT2D eigenvalue weighted by atomic mass is 79.9. The monoisotopic (exact) mass is 418 g/mol. The summed E-state index contributed by atoms with van der Waals surface area (Å²) < 4.78 is 2.92. The van der Waals surface area contributed by atoms with Crippen molar-refractivity contribution in [1.82, 2.24) is 0 Å². The van der Waals surface area contributed by atoms with Crippen LogP contribution in [0.25, 0.3) is 0 Å². The van der Waals surface area contributed by atoms with Gasteiger partial charge in [0.25, 0.3) is 0 Å². The van der Waals surface area contributed by atoms with E-state index in [2.05, 4.69) is 53.1 Å². The Morgan fingerprint density at radius 2 is 1.65 bits per heavy atom. The predicted molar refractivity (Wildman–Crippen MR) is 83.7 cm³/mol. The highest BCUT2D eigenvalue weighted by molar-refractivity contribution is 9.11. The van der Waals surface area contributed by atoms with Gasteiger partial charge in [-0.1, -0.05) is 15.9 Å². The fraction of sp³-hybridized carbons (Fsp3) is 0. The summed E-state index contributed by atoms with van der Waals surface area (Å²) in [5, 5.41) is 3.31. The van der Waals surface area contributed by atoms with Gasteiger partial charge in [-0.25, -0.2) is 0 Å². The van der Waals surface area contributed by atoms with Crippen molar-refractivity contribution >= 4 is 64.9 Å². The second-order valence-electron chi connectivity index (χ2n) is 3.49. The number of benzene rings is 2. The summed E-state index contributed by atoms with van der Waals surface area (Å²) in [5.74, 6) is 0. The van der Waals surface area contributed by atoms with Crippen LogP contribution < -0.4 is 11.1 Å². The highest BCUT2D eigenvalue weighted by Gasteiger charge is 2.02. The minimum Gasteiger partial charge on any atom is -0.398 e. The summed E-state index contributed by atoms with van der Waals surface area (Å²) in [4.78, 5) is 0. The molecule has 88 valence electrons. The van der Waals surface area contributed by atoms with Gasteiger partial charge >= 0.3 is 0 Å². The quantitative estimate of drug-likeness (QED) is 0.647. The molecule has 2 nitrogen and oxygen atoms in total. The van der Waals surface area contributed by atoms with Gasteiger partial charge in [0.1, 0.15) is 0 Å². The van der Waals surface area contributed by atoms with E-state index in [4.69, 9.17) is 5.73 Å². The summed E-state index contributed by atoms with van der Waals surface area (Å²) in [5.41, 5.74) is 8.45. The van der Waals surface area contributed by atoms with E-state index in [9.17, 15) is 0 Å². The molecule has 0 saturated carbocycles. The minimum atomic E-state index is 0.727. The lowest BCUT2D eigenvalue weighted by molar-refractivity contribution is 1.50. The summed E-state index contributed by atoms with van der Waals surface area (Å²) in [7, 11) is 0. The molecule has 0 amide bonds. The molecule has 0 heterocycles. The molecular weight excluding hydrogens is 412 g/mol. The molecule has 0 fully saturated rings. The number of halogens is 3. The average molecular weight is 421 g/mol. The van der Waals surface area contributed by atoms with E-state index in [0.717, 1.165) is 30.5 Å². The maximum Gasteiger partial charge on any atom is 0.0529 e. The fourth-order valence-electron chi connectivity index (χ4n) is 1.35. The fourth-order valence-corrected chi connectivity index (χ4v) is 2.88. The molecule has 2 aromatic rings. The Bertz CT molecular complexity index is 555. The van der Waals surface area contributed by atoms with Gasteiger partial charge in [-0.3, -0.25) is 0 Å². The van der Waals surface area contributed by atoms with Crippen molar-refractivity contribution in [1.29, 1.82) is 0 Å². The summed E-state index contributed by atoms with van der Waals surface area (Å²) in [6, 6.07) is 11.7. The predicted octanol–water partition coefficient (Wildman–Crippen LogP) is 5.30. The first kappa shape index (κ1) is 12.9. The van der Waals surface area contributed by atoms with Crippen molar-refractivity contribution in [3.8, 4) is 0 Å². The Morgan fingerprint density at radius 3 is 2.29 bits per heavy atom. The van der Waals surface area contributed by atoms with E-state index in [1.165, 1.54) is 0 Å². The maximum atomic E-state index is 5.74. The van der Waals surface area contributed by atoms with Gasteiger partial charge in [-0.2, -0.15) is 0 Å². The smallest absolute Gasteiger partial charge is 0.0529 e. The number of rotatable bonds is 2. The van der Waals surface area contributed by atoms with E-state index in [-0.39, 0.29) is 0 Å². The van der Waals surface area contributed by atoms with Crippen LogP contribution in [-0.2, 0) is 0 Å². The standard InChI is InChI=1S/C12H9Br3N2/c13-7-1-4-12(10(15)5-7)17-8-2-3-11(16)9(14)6-8/h1-6,17H,16H2. The Balaban J connectivity index is 2.28. The molecule has 0 unspecified atom stereocenters. The lowest BCUT2D eigenvalue weighted by Gasteiger charge is -2.10. The van der Waals surface area contributed by atoms with E-state index >= 15 is 0 Å². The molecule has 17 heavy (non-hydrogen) atoms. The summed E-state index contributed by atoms with van der Waals surface area (Å²) in [6.45, 7) is 0. The zero-order valence-electron chi connectivity index (χ0n) is 8.68. The molecule has 3 N–H and O–H groups in total. The molecule has 0 aliphatic heterocycles. The SMILES string of the molecule is Nc1ccc(Nc2ccc(Br)cc2Br)cc1Br. The lowest BCUT2D eigenvalue weighted by atomic mass is 10.2. The maximum absolute atomic E-state index is 5.74. The first-order valence-electron chi connectivity index (χ1n) is 4.83. The van der Waals surface area contributed by atoms with Gasteiger partial charge in [0.05, 0.1) is 5.69 Å². The molecule has 5 heteroatoms. The first-order chi connectivity index (χ1) is 8.06. The van der Waals surface area contributed by atoms with Crippen LogP contribution in [0.3, 0.4) is 0 Å². The molecule has 0 aromatic heterocycles. The van der Waals surface area contributed by atoms with Crippen molar-refractivity contribution in [2.45, 2.75) is 0 Å². The third-order valence-electron chi connectivity index (χ3n) is 2.21. The van der Waals surface area contributed by atoms with Crippen LogP contribution in [0.4, 0.5) is 17.1 Å². The van der Waals surface area contributed by atoms with Gasteiger partial charge in [0.2, 0.25) is 0 Å². The third-order valence-corrected chi connectivity index (χ3v) is 4.05. The number of anilines is 3. The van der Waals surface area contributed by atoms with Gasteiger partial charge in [0.15, 0.2) is 0 Å². The molecule has 0 radical (unpaired) electrons. The molecule has 0 spiro atoms. The van der Waals surface area contributed by atoms with Crippen LogP contribution in [0.5, 0.6) is 0 Å². The normalized spacial score (nSPS) is 10.3. The molecule has 0 bridgehead atoms. The van der Waals surface area contributed by atoms with Crippen molar-refractivity contribution in [3.63, 3.8) is 0 Å². The highest BCUT2D eigenvalue weighted by Crippen LogP contribution is 2.30. The van der Waals surface area contributed by atoms with E-state index < -0.39 is 0 Å². The van der Waals surface area contributed by atoms with Crippen molar-refractivity contribution < 1.29 is 0 Å². The van der Waals surface area contributed by atoms with Crippen LogP contribution >= 0.6 is 47.8 Å². The van der Waals surface area contributed by atoms with Crippen LogP contribution in [-0.4, -0.2) is 0 Å². The second kappa shape index (κ2) is 5.42. The van der Waals surface area contributed by atoms with Crippen LogP contribution in [0, 0.1) is 0 Å².